The van der Waals surface area contributed by atoms with Gasteiger partial charge in [0.05, 0.1) is 0 Å². The fraction of sp³-hybridized carbons (Fsp3) is 0.667. The Hall–Kier alpha value is -0.750. The first-order valence-corrected chi connectivity index (χ1v) is 4.69. The summed E-state index contributed by atoms with van der Waals surface area (Å²) in [5.74, 6) is 0.357. The summed E-state index contributed by atoms with van der Waals surface area (Å²) in [4.78, 5) is 3.97. The van der Waals surface area contributed by atoms with Crippen LogP contribution in [0.15, 0.2) is 5.16 Å². The molecule has 0 amide bonds. The van der Waals surface area contributed by atoms with E-state index >= 15 is 0 Å². The van der Waals surface area contributed by atoms with E-state index in [4.69, 9.17) is 10.5 Å². The second-order valence-corrected chi connectivity index (χ2v) is 3.69. The van der Waals surface area contributed by atoms with Gasteiger partial charge in [0.25, 0.3) is 0 Å². The highest BCUT2D eigenvalue weighted by Crippen LogP contribution is 2.28. The summed E-state index contributed by atoms with van der Waals surface area (Å²) in [6.45, 7) is 0.845. The van der Waals surface area contributed by atoms with Crippen LogP contribution >= 0.6 is 11.8 Å². The van der Waals surface area contributed by atoms with Crippen molar-refractivity contribution in [2.24, 2.45) is 0 Å². The van der Waals surface area contributed by atoms with Gasteiger partial charge in [0, 0.05) is 6.61 Å². The number of aromatic amines is 1. The van der Waals surface area contributed by atoms with Gasteiger partial charge in [0.1, 0.15) is 5.44 Å². The SMILES string of the molecule is Nc1nc(SC2CCCO2)n[nH]1. The number of anilines is 1. The van der Waals surface area contributed by atoms with E-state index in [2.05, 4.69) is 15.2 Å². The first-order chi connectivity index (χ1) is 5.84. The zero-order valence-corrected chi connectivity index (χ0v) is 7.30. The molecule has 2 rings (SSSR count). The van der Waals surface area contributed by atoms with Crippen molar-refractivity contribution in [1.29, 1.82) is 0 Å². The average Bonchev–Trinajstić information content (AvgIpc) is 2.63. The number of nitrogens with one attached hydrogen (secondary N) is 1. The number of ether oxygens (including phenoxy) is 1. The van der Waals surface area contributed by atoms with Crippen LogP contribution in [0, 0.1) is 0 Å². The molecule has 12 heavy (non-hydrogen) atoms. The largest absolute Gasteiger partial charge is 0.368 e. The molecule has 0 radical (unpaired) electrons. The maximum absolute atomic E-state index is 5.39. The number of nitrogens with zero attached hydrogens (tertiary/aromatic N) is 2. The number of thioether (sulfide) groups is 1. The molecule has 0 saturated carbocycles. The fourth-order valence-corrected chi connectivity index (χ4v) is 2.00. The Balaban J connectivity index is 1.94. The molecule has 0 aromatic carbocycles. The molecular weight excluding hydrogens is 176 g/mol. The highest BCUT2D eigenvalue weighted by atomic mass is 32.2. The van der Waals surface area contributed by atoms with Crippen molar-refractivity contribution in [1.82, 2.24) is 15.2 Å². The lowest BCUT2D eigenvalue weighted by Crippen LogP contribution is -1.98. The minimum absolute atomic E-state index is 0.209. The van der Waals surface area contributed by atoms with Crippen LogP contribution in [0.2, 0.25) is 0 Å². The van der Waals surface area contributed by atoms with Crippen molar-refractivity contribution < 1.29 is 4.74 Å². The van der Waals surface area contributed by atoms with Crippen molar-refractivity contribution in [3.8, 4) is 0 Å². The third-order valence-corrected chi connectivity index (χ3v) is 2.64. The van der Waals surface area contributed by atoms with Crippen LogP contribution in [-0.2, 0) is 4.74 Å². The van der Waals surface area contributed by atoms with Crippen molar-refractivity contribution >= 4 is 17.7 Å². The number of H-pyrrole nitrogens is 1. The number of nitrogen functional groups attached to an aromatic ring is 1. The Labute approximate surface area is 74.1 Å². The highest BCUT2D eigenvalue weighted by Gasteiger charge is 2.18. The highest BCUT2D eigenvalue weighted by molar-refractivity contribution is 7.99. The Morgan fingerprint density at radius 1 is 1.67 bits per heavy atom. The molecular formula is C6H10N4OS. The molecule has 1 saturated heterocycles. The van der Waals surface area contributed by atoms with Gasteiger partial charge in [0.2, 0.25) is 11.1 Å². The van der Waals surface area contributed by atoms with Crippen molar-refractivity contribution in [2.75, 3.05) is 12.3 Å². The van der Waals surface area contributed by atoms with E-state index in [1.807, 2.05) is 0 Å². The summed E-state index contributed by atoms with van der Waals surface area (Å²) in [7, 11) is 0. The molecule has 2 heterocycles. The lowest BCUT2D eigenvalue weighted by atomic mass is 10.4. The van der Waals surface area contributed by atoms with Crippen molar-refractivity contribution in [2.45, 2.75) is 23.4 Å². The molecule has 1 aromatic rings. The third-order valence-electron chi connectivity index (χ3n) is 1.61. The number of hydrogen-bond donors (Lipinski definition) is 2. The van der Waals surface area contributed by atoms with Gasteiger partial charge < -0.3 is 10.5 Å². The zero-order chi connectivity index (χ0) is 8.39. The number of nitrogens with two attached hydrogens (primary N) is 1. The maximum Gasteiger partial charge on any atom is 0.216 e. The van der Waals surface area contributed by atoms with E-state index in [0.29, 0.717) is 11.1 Å². The van der Waals surface area contributed by atoms with Crippen molar-refractivity contribution in [3.05, 3.63) is 0 Å². The average molecular weight is 186 g/mol. The van der Waals surface area contributed by atoms with Gasteiger partial charge >= 0.3 is 0 Å². The second kappa shape index (κ2) is 3.32. The molecule has 1 aliphatic heterocycles. The molecule has 1 aromatic heterocycles. The van der Waals surface area contributed by atoms with E-state index in [9.17, 15) is 0 Å². The molecule has 5 nitrogen and oxygen atoms in total. The van der Waals surface area contributed by atoms with E-state index in [1.54, 1.807) is 0 Å². The van der Waals surface area contributed by atoms with Gasteiger partial charge in [-0.2, -0.15) is 4.98 Å². The van der Waals surface area contributed by atoms with Crippen LogP contribution in [0.3, 0.4) is 0 Å². The first-order valence-electron chi connectivity index (χ1n) is 3.81. The van der Waals surface area contributed by atoms with Crippen LogP contribution in [-0.4, -0.2) is 27.2 Å². The van der Waals surface area contributed by atoms with Gasteiger partial charge in [-0.25, -0.2) is 5.10 Å². The first kappa shape index (κ1) is 7.88. The lowest BCUT2D eigenvalue weighted by molar-refractivity contribution is 0.173. The van der Waals surface area contributed by atoms with E-state index in [1.165, 1.54) is 11.8 Å². The normalized spacial score (nSPS) is 23.2. The number of hydrogen-bond acceptors (Lipinski definition) is 5. The summed E-state index contributed by atoms with van der Waals surface area (Å²) in [6.07, 6.45) is 2.19. The smallest absolute Gasteiger partial charge is 0.216 e. The van der Waals surface area contributed by atoms with Gasteiger partial charge in [-0.1, -0.05) is 11.8 Å². The summed E-state index contributed by atoms with van der Waals surface area (Å²) in [5, 5.41) is 7.15. The monoisotopic (exact) mass is 186 g/mol. The molecule has 1 unspecified atom stereocenters. The fourth-order valence-electron chi connectivity index (χ4n) is 1.07. The Bertz CT molecular complexity index is 258. The second-order valence-electron chi connectivity index (χ2n) is 2.56. The summed E-state index contributed by atoms with van der Waals surface area (Å²) >= 11 is 1.52. The van der Waals surface area contributed by atoms with Gasteiger partial charge in [-0.15, -0.1) is 5.10 Å². The van der Waals surface area contributed by atoms with Gasteiger partial charge in [-0.05, 0) is 12.8 Å². The molecule has 1 fully saturated rings. The van der Waals surface area contributed by atoms with Crippen LogP contribution in [0.5, 0.6) is 0 Å². The predicted molar refractivity (Wildman–Crippen MR) is 45.6 cm³/mol. The van der Waals surface area contributed by atoms with Crippen LogP contribution in [0.1, 0.15) is 12.8 Å². The summed E-state index contributed by atoms with van der Waals surface area (Å²) in [5.41, 5.74) is 5.58. The minimum Gasteiger partial charge on any atom is -0.368 e. The molecule has 6 heteroatoms. The Morgan fingerprint density at radius 2 is 2.58 bits per heavy atom. The van der Waals surface area contributed by atoms with E-state index < -0.39 is 0 Å². The summed E-state index contributed by atoms with van der Waals surface area (Å²) in [6, 6.07) is 0. The Kier molecular flexibility index (Phi) is 2.18. The van der Waals surface area contributed by atoms with Crippen molar-refractivity contribution in [3.63, 3.8) is 0 Å². The molecule has 1 atom stereocenters. The molecule has 1 aliphatic rings. The molecule has 0 aliphatic carbocycles. The van der Waals surface area contributed by atoms with Crippen LogP contribution in [0.25, 0.3) is 0 Å². The molecule has 0 spiro atoms. The molecule has 66 valence electrons. The maximum atomic E-state index is 5.39. The third kappa shape index (κ3) is 1.70. The van der Waals surface area contributed by atoms with Gasteiger partial charge in [0.15, 0.2) is 0 Å². The van der Waals surface area contributed by atoms with E-state index in [0.717, 1.165) is 19.4 Å². The van der Waals surface area contributed by atoms with Crippen LogP contribution < -0.4 is 5.73 Å². The quantitative estimate of drug-likeness (QED) is 0.707. The molecule has 3 N–H and O–H groups in total. The summed E-state index contributed by atoms with van der Waals surface area (Å²) < 4.78 is 5.39. The van der Waals surface area contributed by atoms with Gasteiger partial charge in [-0.3, -0.25) is 0 Å². The Morgan fingerprint density at radius 3 is 3.17 bits per heavy atom. The lowest BCUT2D eigenvalue weighted by Gasteiger charge is -2.03. The number of rotatable bonds is 2. The topological polar surface area (TPSA) is 76.8 Å². The molecule has 0 bridgehead atoms. The number of aromatic nitrogens is 3. The van der Waals surface area contributed by atoms with E-state index in [-0.39, 0.29) is 5.44 Å². The van der Waals surface area contributed by atoms with Crippen LogP contribution in [0.4, 0.5) is 5.95 Å². The predicted octanol–water partition coefficient (Wildman–Crippen LogP) is 0.615. The standard InChI is InChI=1S/C6H10N4OS/c7-5-8-6(10-9-5)12-4-2-1-3-11-4/h4H,1-3H2,(H3,7,8,9,10). The zero-order valence-electron chi connectivity index (χ0n) is 6.49. The minimum atomic E-state index is 0.209.